The number of fused-ring (bicyclic) bond motifs is 1. The molecule has 0 bridgehead atoms. The molecule has 1 aromatic rings. The van der Waals surface area contributed by atoms with Crippen LogP contribution in [0, 0.1) is 5.41 Å². The van der Waals surface area contributed by atoms with Gasteiger partial charge in [-0.1, -0.05) is 6.92 Å². The quantitative estimate of drug-likeness (QED) is 0.854. The molecule has 0 saturated heterocycles. The topological polar surface area (TPSA) is 50.1 Å². The van der Waals surface area contributed by atoms with E-state index < -0.39 is 0 Å². The van der Waals surface area contributed by atoms with Gasteiger partial charge in [-0.15, -0.1) is 0 Å². The number of nitrogens with one attached hydrogen (secondary N) is 1. The van der Waals surface area contributed by atoms with Crippen LogP contribution in [0.25, 0.3) is 0 Å². The number of aliphatic hydroxyl groups excluding tert-OH is 1. The fraction of sp³-hybridized carbons (Fsp3) is 0.800. The van der Waals surface area contributed by atoms with Crippen LogP contribution in [0.15, 0.2) is 6.20 Å². The van der Waals surface area contributed by atoms with Gasteiger partial charge in [-0.25, -0.2) is 0 Å². The van der Waals surface area contributed by atoms with Crippen LogP contribution in [0.4, 0.5) is 0 Å². The van der Waals surface area contributed by atoms with Crippen LogP contribution < -0.4 is 5.32 Å². The highest BCUT2D eigenvalue weighted by atomic mass is 16.3. The molecule has 4 nitrogen and oxygen atoms in total. The Morgan fingerprint density at radius 3 is 3.05 bits per heavy atom. The average molecular weight is 263 g/mol. The van der Waals surface area contributed by atoms with E-state index in [2.05, 4.69) is 24.3 Å². The Labute approximate surface area is 115 Å². The van der Waals surface area contributed by atoms with Crippen molar-refractivity contribution in [3.63, 3.8) is 0 Å². The third-order valence-corrected chi connectivity index (χ3v) is 5.11. The van der Waals surface area contributed by atoms with E-state index in [4.69, 9.17) is 5.11 Å². The smallest absolute Gasteiger partial charge is 0.0644 e. The molecule has 0 radical (unpaired) electrons. The van der Waals surface area contributed by atoms with E-state index >= 15 is 0 Å². The number of hydrogen-bond acceptors (Lipinski definition) is 3. The molecule has 2 unspecified atom stereocenters. The van der Waals surface area contributed by atoms with E-state index in [0.717, 1.165) is 6.42 Å². The Bertz CT molecular complexity index is 450. The lowest BCUT2D eigenvalue weighted by Gasteiger charge is -2.30. The van der Waals surface area contributed by atoms with Crippen molar-refractivity contribution in [2.75, 3.05) is 6.61 Å². The normalized spacial score (nSPS) is 25.9. The molecule has 0 spiro atoms. The van der Waals surface area contributed by atoms with Crippen molar-refractivity contribution < 1.29 is 5.11 Å². The van der Waals surface area contributed by atoms with Gasteiger partial charge in [0.25, 0.3) is 0 Å². The number of aliphatic hydroxyl groups is 1. The standard InChI is InChI=1S/C15H25N3O/c1-11(15(2)6-7-15)17-13-4-3-5-14-12(13)10-16-18(14)8-9-19/h10-11,13,17,19H,3-9H2,1-2H3. The molecule has 19 heavy (non-hydrogen) atoms. The maximum Gasteiger partial charge on any atom is 0.0644 e. The molecule has 3 rings (SSSR count). The van der Waals surface area contributed by atoms with E-state index in [1.165, 1.54) is 36.9 Å². The third-order valence-electron chi connectivity index (χ3n) is 5.11. The molecule has 0 aromatic carbocycles. The van der Waals surface area contributed by atoms with Gasteiger partial charge in [-0.2, -0.15) is 5.10 Å². The maximum absolute atomic E-state index is 9.09. The summed E-state index contributed by atoms with van der Waals surface area (Å²) in [6.07, 6.45) is 8.22. The van der Waals surface area contributed by atoms with E-state index in [9.17, 15) is 0 Å². The Balaban J connectivity index is 1.75. The summed E-state index contributed by atoms with van der Waals surface area (Å²) in [6, 6.07) is 1.02. The largest absolute Gasteiger partial charge is 0.394 e. The molecular weight excluding hydrogens is 238 g/mol. The van der Waals surface area contributed by atoms with Gasteiger partial charge >= 0.3 is 0 Å². The molecule has 1 heterocycles. The second-order valence-electron chi connectivity index (χ2n) is 6.48. The van der Waals surface area contributed by atoms with Crippen molar-refractivity contribution in [2.45, 2.75) is 64.6 Å². The number of aromatic nitrogens is 2. The first-order valence-corrected chi connectivity index (χ1v) is 7.55. The van der Waals surface area contributed by atoms with Gasteiger partial charge in [0.15, 0.2) is 0 Å². The molecule has 2 atom stereocenters. The zero-order valence-corrected chi connectivity index (χ0v) is 12.0. The molecule has 1 saturated carbocycles. The summed E-state index contributed by atoms with van der Waals surface area (Å²) in [4.78, 5) is 0. The molecule has 2 aliphatic rings. The van der Waals surface area contributed by atoms with Crippen molar-refractivity contribution in [2.24, 2.45) is 5.41 Å². The summed E-state index contributed by atoms with van der Waals surface area (Å²) in [5, 5.41) is 17.3. The molecule has 2 aliphatic carbocycles. The van der Waals surface area contributed by atoms with Crippen molar-refractivity contribution in [1.29, 1.82) is 0 Å². The SMILES string of the molecule is CC(NC1CCCc2c1cnn2CCO)C1(C)CC1. The summed E-state index contributed by atoms with van der Waals surface area (Å²) < 4.78 is 1.98. The first-order valence-electron chi connectivity index (χ1n) is 7.55. The van der Waals surface area contributed by atoms with Crippen LogP contribution in [0.1, 0.15) is 56.8 Å². The van der Waals surface area contributed by atoms with E-state index in [1.54, 1.807) is 0 Å². The van der Waals surface area contributed by atoms with Gasteiger partial charge < -0.3 is 10.4 Å². The Morgan fingerprint density at radius 1 is 1.58 bits per heavy atom. The lowest BCUT2D eigenvalue weighted by molar-refractivity contribution is 0.265. The third kappa shape index (κ3) is 2.43. The highest BCUT2D eigenvalue weighted by Crippen LogP contribution is 2.48. The maximum atomic E-state index is 9.09. The molecular formula is C15H25N3O. The van der Waals surface area contributed by atoms with Crippen LogP contribution in [-0.2, 0) is 13.0 Å². The van der Waals surface area contributed by atoms with Gasteiger partial charge in [0.2, 0.25) is 0 Å². The Kier molecular flexibility index (Phi) is 3.39. The highest BCUT2D eigenvalue weighted by molar-refractivity contribution is 5.25. The van der Waals surface area contributed by atoms with Gasteiger partial charge in [-0.3, -0.25) is 4.68 Å². The zero-order chi connectivity index (χ0) is 13.5. The number of rotatable bonds is 5. The molecule has 1 fully saturated rings. The van der Waals surface area contributed by atoms with Gasteiger partial charge in [0, 0.05) is 23.3 Å². The average Bonchev–Trinajstić information content (AvgIpc) is 3.02. The molecule has 0 amide bonds. The summed E-state index contributed by atoms with van der Waals surface area (Å²) >= 11 is 0. The zero-order valence-electron chi connectivity index (χ0n) is 12.0. The summed E-state index contributed by atoms with van der Waals surface area (Å²) in [5.41, 5.74) is 3.19. The van der Waals surface area contributed by atoms with Gasteiger partial charge in [-0.05, 0) is 44.4 Å². The monoisotopic (exact) mass is 263 g/mol. The Morgan fingerprint density at radius 2 is 2.37 bits per heavy atom. The second kappa shape index (κ2) is 4.91. The lowest BCUT2D eigenvalue weighted by Crippen LogP contribution is -2.37. The van der Waals surface area contributed by atoms with Crippen LogP contribution in [0.3, 0.4) is 0 Å². The van der Waals surface area contributed by atoms with Crippen LogP contribution >= 0.6 is 0 Å². The molecule has 1 aromatic heterocycles. The second-order valence-corrected chi connectivity index (χ2v) is 6.48. The molecule has 106 valence electrons. The van der Waals surface area contributed by atoms with E-state index in [-0.39, 0.29) is 6.61 Å². The van der Waals surface area contributed by atoms with Crippen LogP contribution in [0.5, 0.6) is 0 Å². The number of nitrogens with zero attached hydrogens (tertiary/aromatic N) is 2. The summed E-state index contributed by atoms with van der Waals surface area (Å²) in [7, 11) is 0. The van der Waals surface area contributed by atoms with Crippen molar-refractivity contribution in [3.05, 3.63) is 17.5 Å². The van der Waals surface area contributed by atoms with E-state index in [1.807, 2.05) is 10.9 Å². The first-order chi connectivity index (χ1) is 9.14. The van der Waals surface area contributed by atoms with Crippen LogP contribution in [0.2, 0.25) is 0 Å². The Hall–Kier alpha value is -0.870. The van der Waals surface area contributed by atoms with Gasteiger partial charge in [0.05, 0.1) is 19.3 Å². The minimum Gasteiger partial charge on any atom is -0.394 e. The molecule has 0 aliphatic heterocycles. The van der Waals surface area contributed by atoms with E-state index in [0.29, 0.717) is 24.0 Å². The summed E-state index contributed by atoms with van der Waals surface area (Å²) in [6.45, 7) is 5.49. The molecule has 2 N–H and O–H groups in total. The number of hydrogen-bond donors (Lipinski definition) is 2. The van der Waals surface area contributed by atoms with Crippen molar-refractivity contribution in [1.82, 2.24) is 15.1 Å². The fourth-order valence-corrected chi connectivity index (χ4v) is 3.21. The highest BCUT2D eigenvalue weighted by Gasteiger charge is 2.43. The summed E-state index contributed by atoms with van der Waals surface area (Å²) in [5.74, 6) is 0. The lowest BCUT2D eigenvalue weighted by atomic mass is 9.90. The fourth-order valence-electron chi connectivity index (χ4n) is 3.21. The molecule has 4 heteroatoms. The minimum absolute atomic E-state index is 0.167. The van der Waals surface area contributed by atoms with Crippen molar-refractivity contribution in [3.8, 4) is 0 Å². The minimum atomic E-state index is 0.167. The van der Waals surface area contributed by atoms with Gasteiger partial charge in [0.1, 0.15) is 0 Å². The van der Waals surface area contributed by atoms with Crippen LogP contribution in [-0.4, -0.2) is 27.5 Å². The van der Waals surface area contributed by atoms with Crippen molar-refractivity contribution >= 4 is 0 Å². The predicted molar refractivity (Wildman–Crippen MR) is 74.9 cm³/mol. The first kappa shape index (κ1) is 13.1. The predicted octanol–water partition coefficient (Wildman–Crippen LogP) is 2.03.